The molecule has 0 radical (unpaired) electrons. The van der Waals surface area contributed by atoms with E-state index in [1.807, 2.05) is 6.92 Å². The van der Waals surface area contributed by atoms with Gasteiger partial charge in [0.25, 0.3) is 17.6 Å². The fourth-order valence-electron chi connectivity index (χ4n) is 5.30. The molecule has 1 atom stereocenters. The molecule has 2 amide bonds. The first kappa shape index (κ1) is 23.2. The van der Waals surface area contributed by atoms with Crippen molar-refractivity contribution in [3.63, 3.8) is 0 Å². The number of halogens is 1. The Morgan fingerprint density at radius 3 is 2.40 bits per heavy atom. The summed E-state index contributed by atoms with van der Waals surface area (Å²) in [5, 5.41) is 11.3. The molecule has 1 N–H and O–H groups in total. The molecule has 1 spiro atoms. The van der Waals surface area contributed by atoms with Gasteiger partial charge in [0.05, 0.1) is 24.5 Å². The van der Waals surface area contributed by atoms with E-state index in [2.05, 4.69) is 4.90 Å². The SMILES string of the molecule is CCN1C(=O)[C@]2(C(=C(O)c3ccc(F)cc3)C(=O)C(=O)N2CCN2CCOCC2)c2ccccc21. The van der Waals surface area contributed by atoms with Crippen LogP contribution in [0.5, 0.6) is 0 Å². The normalized spacial score (nSPS) is 24.0. The maximum Gasteiger partial charge on any atom is 0.296 e. The Kier molecular flexibility index (Phi) is 5.90. The number of hydrogen-bond acceptors (Lipinski definition) is 6. The average Bonchev–Trinajstić information content (AvgIpc) is 3.26. The van der Waals surface area contributed by atoms with Crippen LogP contribution in [0.25, 0.3) is 5.76 Å². The number of hydrogen-bond donors (Lipinski definition) is 1. The Hall–Kier alpha value is -3.56. The molecule has 182 valence electrons. The largest absolute Gasteiger partial charge is 0.507 e. The van der Waals surface area contributed by atoms with Gasteiger partial charge in [-0.05, 0) is 37.3 Å². The lowest BCUT2D eigenvalue weighted by atomic mass is 9.82. The predicted molar refractivity (Wildman–Crippen MR) is 126 cm³/mol. The summed E-state index contributed by atoms with van der Waals surface area (Å²) >= 11 is 0. The van der Waals surface area contributed by atoms with Gasteiger partial charge in [0.1, 0.15) is 11.6 Å². The fraction of sp³-hybridized carbons (Fsp3) is 0.346. The minimum absolute atomic E-state index is 0.113. The Morgan fingerprint density at radius 2 is 1.71 bits per heavy atom. The number of carbonyl (C=O) groups excluding carboxylic acids is 3. The molecular weight excluding hydrogens is 453 g/mol. The van der Waals surface area contributed by atoms with Crippen LogP contribution < -0.4 is 4.90 Å². The minimum Gasteiger partial charge on any atom is -0.507 e. The minimum atomic E-state index is -1.80. The van der Waals surface area contributed by atoms with Crippen molar-refractivity contribution in [2.75, 3.05) is 50.8 Å². The molecule has 2 aromatic carbocycles. The number of likely N-dealkylation sites (tertiary alicyclic amines) is 1. The van der Waals surface area contributed by atoms with E-state index in [9.17, 15) is 23.9 Å². The van der Waals surface area contributed by atoms with Crippen molar-refractivity contribution in [1.29, 1.82) is 0 Å². The maximum atomic E-state index is 14.1. The van der Waals surface area contributed by atoms with Crippen LogP contribution in [0.1, 0.15) is 18.1 Å². The van der Waals surface area contributed by atoms with Gasteiger partial charge in [-0.3, -0.25) is 19.3 Å². The third kappa shape index (κ3) is 3.45. The van der Waals surface area contributed by atoms with Crippen LogP contribution in [0.4, 0.5) is 10.1 Å². The number of benzene rings is 2. The monoisotopic (exact) mass is 479 g/mol. The van der Waals surface area contributed by atoms with Crippen molar-refractivity contribution in [3.8, 4) is 0 Å². The number of likely N-dealkylation sites (N-methyl/N-ethyl adjacent to an activating group) is 1. The van der Waals surface area contributed by atoms with Gasteiger partial charge in [-0.15, -0.1) is 0 Å². The molecule has 5 rings (SSSR count). The molecule has 8 nitrogen and oxygen atoms in total. The number of aliphatic hydroxyl groups excluding tert-OH is 1. The first-order chi connectivity index (χ1) is 16.9. The Labute approximate surface area is 202 Å². The summed E-state index contributed by atoms with van der Waals surface area (Å²) in [5.41, 5.74) is -0.882. The third-order valence-electron chi connectivity index (χ3n) is 6.99. The van der Waals surface area contributed by atoms with E-state index < -0.39 is 34.7 Å². The predicted octanol–water partition coefficient (Wildman–Crippen LogP) is 2.10. The molecule has 0 bridgehead atoms. The first-order valence-corrected chi connectivity index (χ1v) is 11.7. The molecular formula is C26H26FN3O5. The summed E-state index contributed by atoms with van der Waals surface area (Å²) < 4.78 is 19.0. The molecule has 3 aliphatic rings. The lowest BCUT2D eigenvalue weighted by Gasteiger charge is -2.36. The van der Waals surface area contributed by atoms with Crippen LogP contribution in [0.15, 0.2) is 54.1 Å². The van der Waals surface area contributed by atoms with Gasteiger partial charge < -0.3 is 19.6 Å². The molecule has 0 unspecified atom stereocenters. The number of nitrogens with zero attached hydrogens (tertiary/aromatic N) is 3. The zero-order valence-electron chi connectivity index (χ0n) is 19.4. The van der Waals surface area contributed by atoms with Gasteiger partial charge in [-0.1, -0.05) is 18.2 Å². The maximum absolute atomic E-state index is 14.1. The molecule has 0 aromatic heterocycles. The summed E-state index contributed by atoms with van der Waals surface area (Å²) in [6.07, 6.45) is 0. The van der Waals surface area contributed by atoms with E-state index in [0.29, 0.717) is 50.6 Å². The van der Waals surface area contributed by atoms with E-state index in [1.54, 1.807) is 24.3 Å². The molecule has 2 saturated heterocycles. The van der Waals surface area contributed by atoms with Crippen molar-refractivity contribution in [2.24, 2.45) is 0 Å². The van der Waals surface area contributed by atoms with Crippen LogP contribution in [0.3, 0.4) is 0 Å². The lowest BCUT2D eigenvalue weighted by molar-refractivity contribution is -0.144. The lowest BCUT2D eigenvalue weighted by Crippen LogP contribution is -2.54. The molecule has 35 heavy (non-hydrogen) atoms. The van der Waals surface area contributed by atoms with E-state index in [1.165, 1.54) is 21.9 Å². The zero-order chi connectivity index (χ0) is 24.7. The molecule has 0 aliphatic carbocycles. The third-order valence-corrected chi connectivity index (χ3v) is 6.99. The number of ketones is 1. The summed E-state index contributed by atoms with van der Waals surface area (Å²) in [6.45, 7) is 5.18. The number of aliphatic hydroxyl groups is 1. The van der Waals surface area contributed by atoms with Crippen LogP contribution in [-0.4, -0.2) is 78.4 Å². The number of anilines is 1. The Balaban J connectivity index is 1.70. The van der Waals surface area contributed by atoms with Crippen LogP contribution >= 0.6 is 0 Å². The number of amides is 2. The average molecular weight is 480 g/mol. The van der Waals surface area contributed by atoms with Crippen LogP contribution in [-0.2, 0) is 24.7 Å². The number of fused-ring (bicyclic) bond motifs is 2. The smallest absolute Gasteiger partial charge is 0.296 e. The van der Waals surface area contributed by atoms with E-state index in [4.69, 9.17) is 4.74 Å². The number of morpholine rings is 1. The Bertz CT molecular complexity index is 1220. The van der Waals surface area contributed by atoms with Gasteiger partial charge >= 0.3 is 0 Å². The van der Waals surface area contributed by atoms with Crippen molar-refractivity contribution in [2.45, 2.75) is 12.5 Å². The topological polar surface area (TPSA) is 90.4 Å². The highest BCUT2D eigenvalue weighted by molar-refractivity contribution is 6.50. The second-order valence-corrected chi connectivity index (χ2v) is 8.75. The summed E-state index contributed by atoms with van der Waals surface area (Å²) in [5.74, 6) is -3.26. The van der Waals surface area contributed by atoms with E-state index in [-0.39, 0.29) is 17.7 Å². The molecule has 0 saturated carbocycles. The summed E-state index contributed by atoms with van der Waals surface area (Å²) in [6, 6.07) is 12.0. The van der Waals surface area contributed by atoms with Crippen molar-refractivity contribution in [1.82, 2.24) is 9.80 Å². The second-order valence-electron chi connectivity index (χ2n) is 8.75. The van der Waals surface area contributed by atoms with E-state index >= 15 is 0 Å². The van der Waals surface area contributed by atoms with E-state index in [0.717, 1.165) is 12.1 Å². The van der Waals surface area contributed by atoms with Gasteiger partial charge in [0.15, 0.2) is 5.54 Å². The number of para-hydroxylation sites is 1. The van der Waals surface area contributed by atoms with Crippen molar-refractivity contribution >= 4 is 29.0 Å². The number of Topliss-reactive ketones (excluding diaryl/α,β-unsaturated/α-hetero) is 1. The summed E-state index contributed by atoms with van der Waals surface area (Å²) in [7, 11) is 0. The first-order valence-electron chi connectivity index (χ1n) is 11.7. The van der Waals surface area contributed by atoms with Gasteiger partial charge in [0.2, 0.25) is 0 Å². The Morgan fingerprint density at radius 1 is 1.03 bits per heavy atom. The molecule has 2 fully saturated rings. The van der Waals surface area contributed by atoms with Crippen molar-refractivity contribution < 1.29 is 28.6 Å². The van der Waals surface area contributed by atoms with Gasteiger partial charge in [-0.25, -0.2) is 4.39 Å². The molecule has 2 aromatic rings. The zero-order valence-corrected chi connectivity index (χ0v) is 19.4. The second kappa shape index (κ2) is 8.90. The highest BCUT2D eigenvalue weighted by atomic mass is 19.1. The highest BCUT2D eigenvalue weighted by Crippen LogP contribution is 2.53. The standard InChI is InChI=1S/C26H26FN3O5/c1-2-29-20-6-4-3-5-19(20)26(25(29)34)21(22(31)17-7-9-18(27)10-8-17)23(32)24(33)30(26)12-11-28-13-15-35-16-14-28/h3-10,31H,2,11-16H2,1H3/t26-/m1/s1. The molecule has 3 aliphatic heterocycles. The quantitative estimate of drug-likeness (QED) is 0.401. The molecule has 9 heteroatoms. The fourth-order valence-corrected chi connectivity index (χ4v) is 5.30. The number of carbonyl (C=O) groups is 3. The molecule has 3 heterocycles. The van der Waals surface area contributed by atoms with Crippen molar-refractivity contribution in [3.05, 3.63) is 71.0 Å². The van der Waals surface area contributed by atoms with Gasteiger partial charge in [-0.2, -0.15) is 0 Å². The number of rotatable bonds is 5. The summed E-state index contributed by atoms with van der Waals surface area (Å²) in [4.78, 5) is 46.0. The number of ether oxygens (including phenoxy) is 1. The van der Waals surface area contributed by atoms with Crippen LogP contribution in [0.2, 0.25) is 0 Å². The van der Waals surface area contributed by atoms with Crippen LogP contribution in [0, 0.1) is 5.82 Å². The highest BCUT2D eigenvalue weighted by Gasteiger charge is 2.66. The van der Waals surface area contributed by atoms with Gasteiger partial charge in [0, 0.05) is 43.9 Å².